The lowest BCUT2D eigenvalue weighted by Crippen LogP contribution is -1.97. The van der Waals surface area contributed by atoms with Crippen molar-refractivity contribution in [2.45, 2.75) is 90.9 Å². The van der Waals surface area contributed by atoms with E-state index >= 15 is 0 Å². The minimum Gasteiger partial charge on any atom is -0.492 e. The molecule has 0 aliphatic heterocycles. The normalized spacial score (nSPS) is 11.4. The highest BCUT2D eigenvalue weighted by Crippen LogP contribution is 2.43. The van der Waals surface area contributed by atoms with E-state index in [1.807, 2.05) is 11.3 Å². The van der Waals surface area contributed by atoms with Gasteiger partial charge in [-0.15, -0.1) is 11.3 Å². The first-order chi connectivity index (χ1) is 15.3. The predicted molar refractivity (Wildman–Crippen MR) is 137 cm³/mol. The molecule has 0 saturated carbocycles. The molecule has 0 aliphatic carbocycles. The molecular formula is C28H40O2S. The van der Waals surface area contributed by atoms with Crippen molar-refractivity contribution in [3.05, 3.63) is 36.4 Å². The molecule has 3 aromatic rings. The summed E-state index contributed by atoms with van der Waals surface area (Å²) in [5.41, 5.74) is 0. The summed E-state index contributed by atoms with van der Waals surface area (Å²) < 4.78 is 14.9. The zero-order valence-electron chi connectivity index (χ0n) is 19.6. The highest BCUT2D eigenvalue weighted by Gasteiger charge is 2.13. The van der Waals surface area contributed by atoms with Gasteiger partial charge in [0.2, 0.25) is 0 Å². The average Bonchev–Trinajstić information content (AvgIpc) is 3.18. The topological polar surface area (TPSA) is 18.5 Å². The number of ether oxygens (including phenoxy) is 2. The van der Waals surface area contributed by atoms with Crippen LogP contribution in [0.25, 0.3) is 20.2 Å². The molecule has 0 radical (unpaired) electrons. The number of rotatable bonds is 16. The molecule has 0 aliphatic rings. The van der Waals surface area contributed by atoms with Gasteiger partial charge < -0.3 is 9.47 Å². The summed E-state index contributed by atoms with van der Waals surface area (Å²) in [4.78, 5) is 0. The molecule has 31 heavy (non-hydrogen) atoms. The Kier molecular flexibility index (Phi) is 10.5. The Hall–Kier alpha value is -1.74. The van der Waals surface area contributed by atoms with Crippen LogP contribution in [0.1, 0.15) is 90.9 Å². The zero-order valence-corrected chi connectivity index (χ0v) is 20.4. The molecule has 0 atom stereocenters. The highest BCUT2D eigenvalue weighted by atomic mass is 32.1. The molecule has 1 aromatic heterocycles. The lowest BCUT2D eigenvalue weighted by atomic mass is 10.1. The van der Waals surface area contributed by atoms with Crippen LogP contribution < -0.4 is 9.47 Å². The maximum atomic E-state index is 6.21. The number of fused-ring (bicyclic) bond motifs is 3. The van der Waals surface area contributed by atoms with Crippen molar-refractivity contribution in [2.24, 2.45) is 0 Å². The zero-order chi connectivity index (χ0) is 21.7. The largest absolute Gasteiger partial charge is 0.492 e. The fraction of sp³-hybridized carbons (Fsp3) is 0.571. The van der Waals surface area contributed by atoms with Crippen LogP contribution in [0.3, 0.4) is 0 Å². The predicted octanol–water partition coefficient (Wildman–Crippen LogP) is 9.53. The van der Waals surface area contributed by atoms with Gasteiger partial charge in [-0.2, -0.15) is 0 Å². The van der Waals surface area contributed by atoms with E-state index in [0.29, 0.717) is 0 Å². The summed E-state index contributed by atoms with van der Waals surface area (Å²) >= 11 is 1.81. The van der Waals surface area contributed by atoms with E-state index in [2.05, 4.69) is 50.2 Å². The SMILES string of the molecule is CCCCCCCCOc1cccc2c1sc1c(OCCCCCCCC)cccc12. The van der Waals surface area contributed by atoms with Crippen molar-refractivity contribution < 1.29 is 9.47 Å². The van der Waals surface area contributed by atoms with Gasteiger partial charge in [-0.1, -0.05) is 102 Å². The summed E-state index contributed by atoms with van der Waals surface area (Å²) in [6.45, 7) is 6.14. The maximum Gasteiger partial charge on any atom is 0.137 e. The Labute approximate surface area is 193 Å². The Balaban J connectivity index is 1.59. The van der Waals surface area contributed by atoms with Gasteiger partial charge in [0, 0.05) is 10.8 Å². The van der Waals surface area contributed by atoms with Gasteiger partial charge in [-0.05, 0) is 25.0 Å². The van der Waals surface area contributed by atoms with Crippen LogP contribution in [0.5, 0.6) is 11.5 Å². The average molecular weight is 441 g/mol. The lowest BCUT2D eigenvalue weighted by Gasteiger charge is -2.07. The van der Waals surface area contributed by atoms with Crippen LogP contribution >= 0.6 is 11.3 Å². The molecule has 0 fully saturated rings. The molecule has 170 valence electrons. The molecule has 2 aromatic carbocycles. The third kappa shape index (κ3) is 7.14. The molecule has 0 unspecified atom stereocenters. The molecular weight excluding hydrogens is 400 g/mol. The second-order valence-electron chi connectivity index (χ2n) is 8.60. The molecule has 0 saturated heterocycles. The van der Waals surface area contributed by atoms with Gasteiger partial charge in [-0.3, -0.25) is 0 Å². The van der Waals surface area contributed by atoms with Crippen molar-refractivity contribution in [2.75, 3.05) is 13.2 Å². The first kappa shape index (κ1) is 23.9. The summed E-state index contributed by atoms with van der Waals surface area (Å²) in [6, 6.07) is 12.9. The van der Waals surface area contributed by atoms with Crippen molar-refractivity contribution in [1.82, 2.24) is 0 Å². The van der Waals surface area contributed by atoms with Gasteiger partial charge in [0.15, 0.2) is 0 Å². The lowest BCUT2D eigenvalue weighted by molar-refractivity contribution is 0.308. The quantitative estimate of drug-likeness (QED) is 0.206. The summed E-state index contributed by atoms with van der Waals surface area (Å²) in [5, 5.41) is 2.57. The molecule has 0 amide bonds. The molecule has 0 N–H and O–H groups in total. The van der Waals surface area contributed by atoms with Crippen LogP contribution in [0.15, 0.2) is 36.4 Å². The third-order valence-corrected chi connectivity index (χ3v) is 7.21. The monoisotopic (exact) mass is 440 g/mol. The summed E-state index contributed by atoms with van der Waals surface area (Å²) in [6.07, 6.45) is 15.5. The molecule has 2 nitrogen and oxygen atoms in total. The first-order valence-electron chi connectivity index (χ1n) is 12.5. The van der Waals surface area contributed by atoms with E-state index < -0.39 is 0 Å². The van der Waals surface area contributed by atoms with E-state index in [9.17, 15) is 0 Å². The van der Waals surface area contributed by atoms with Gasteiger partial charge in [0.05, 0.1) is 22.6 Å². The second-order valence-corrected chi connectivity index (χ2v) is 9.62. The third-order valence-electron chi connectivity index (χ3n) is 5.96. The summed E-state index contributed by atoms with van der Waals surface area (Å²) in [7, 11) is 0. The number of unbranched alkanes of at least 4 members (excludes halogenated alkanes) is 10. The van der Waals surface area contributed by atoms with Crippen LogP contribution in [-0.2, 0) is 0 Å². The van der Waals surface area contributed by atoms with Crippen molar-refractivity contribution >= 4 is 31.5 Å². The van der Waals surface area contributed by atoms with Crippen LogP contribution in [0.4, 0.5) is 0 Å². The molecule has 0 spiro atoms. The van der Waals surface area contributed by atoms with Gasteiger partial charge in [-0.25, -0.2) is 0 Å². The number of hydrogen-bond donors (Lipinski definition) is 0. The van der Waals surface area contributed by atoms with Gasteiger partial charge in [0.25, 0.3) is 0 Å². The van der Waals surface area contributed by atoms with Crippen LogP contribution in [0.2, 0.25) is 0 Å². The summed E-state index contributed by atoms with van der Waals surface area (Å²) in [5.74, 6) is 2.04. The van der Waals surface area contributed by atoms with Crippen LogP contribution in [0, 0.1) is 0 Å². The van der Waals surface area contributed by atoms with E-state index in [-0.39, 0.29) is 0 Å². The molecule has 3 rings (SSSR count). The highest BCUT2D eigenvalue weighted by molar-refractivity contribution is 7.26. The molecule has 3 heteroatoms. The fourth-order valence-electron chi connectivity index (χ4n) is 4.12. The Morgan fingerprint density at radius 2 is 0.968 bits per heavy atom. The standard InChI is InChI=1S/C28H40O2S/c1-3-5-7-9-11-13-21-29-25-19-15-17-23-24-18-16-20-26(28(24)31-27(23)25)30-22-14-12-10-8-6-4-2/h15-20H,3-14,21-22H2,1-2H3. The van der Waals surface area contributed by atoms with Crippen molar-refractivity contribution in [3.63, 3.8) is 0 Å². The Morgan fingerprint density at radius 1 is 0.548 bits per heavy atom. The maximum absolute atomic E-state index is 6.21. The van der Waals surface area contributed by atoms with Gasteiger partial charge >= 0.3 is 0 Å². The Bertz CT molecular complexity index is 826. The second kappa shape index (κ2) is 13.6. The van der Waals surface area contributed by atoms with E-state index in [4.69, 9.17) is 9.47 Å². The minimum atomic E-state index is 0.806. The van der Waals surface area contributed by atoms with Crippen LogP contribution in [-0.4, -0.2) is 13.2 Å². The number of thiophene rings is 1. The van der Waals surface area contributed by atoms with E-state index in [0.717, 1.165) is 37.6 Å². The fourth-order valence-corrected chi connectivity index (χ4v) is 5.36. The molecule has 0 bridgehead atoms. The Morgan fingerprint density at radius 3 is 1.42 bits per heavy atom. The smallest absolute Gasteiger partial charge is 0.137 e. The number of benzene rings is 2. The van der Waals surface area contributed by atoms with Crippen molar-refractivity contribution in [1.29, 1.82) is 0 Å². The molecule has 1 heterocycles. The minimum absolute atomic E-state index is 0.806. The van der Waals surface area contributed by atoms with Gasteiger partial charge in [0.1, 0.15) is 11.5 Å². The van der Waals surface area contributed by atoms with Crippen molar-refractivity contribution in [3.8, 4) is 11.5 Å². The van der Waals surface area contributed by atoms with E-state index in [1.165, 1.54) is 84.4 Å². The van der Waals surface area contributed by atoms with E-state index in [1.54, 1.807) is 0 Å². The first-order valence-corrected chi connectivity index (χ1v) is 13.4. The number of hydrogen-bond acceptors (Lipinski definition) is 3.